The summed E-state index contributed by atoms with van der Waals surface area (Å²) in [5, 5.41) is 8.56. The van der Waals surface area contributed by atoms with Crippen LogP contribution in [-0.4, -0.2) is 53.2 Å². The molecule has 3 aliphatic rings. The van der Waals surface area contributed by atoms with Crippen LogP contribution in [0.1, 0.15) is 32.8 Å². The van der Waals surface area contributed by atoms with E-state index in [0.29, 0.717) is 49.7 Å². The largest absolute Gasteiger partial charge is 0.380 e. The number of carbonyl (C=O) groups is 2. The third-order valence-corrected chi connectivity index (χ3v) is 5.65. The Bertz CT molecular complexity index is 1020. The number of hydrogen-bond acceptors (Lipinski definition) is 6. The van der Waals surface area contributed by atoms with Gasteiger partial charge in [-0.05, 0) is 12.5 Å². The first-order valence-corrected chi connectivity index (χ1v) is 9.62. The standard InChI is InChI=1S/C19H21FN6O3/c20-15-10-6-23-19(28)14(10)16(9-5-13-18(27)22-2-3-26(13)7-9)25-17(15)24-12-1-4-29-8-11(12)21/h5,7,11-12H,1-4,6,8,21H2,(H,22,27)(H,23,28)(H,24,25)/t11-,12+/m0/s1. The molecule has 152 valence electrons. The molecular formula is C19H21FN6O3. The highest BCUT2D eigenvalue weighted by Gasteiger charge is 2.33. The summed E-state index contributed by atoms with van der Waals surface area (Å²) in [4.78, 5) is 29.0. The summed E-state index contributed by atoms with van der Waals surface area (Å²) in [7, 11) is 0. The maximum atomic E-state index is 15.2. The second-order valence-electron chi connectivity index (χ2n) is 7.50. The maximum absolute atomic E-state index is 15.2. The Morgan fingerprint density at radius 2 is 2.17 bits per heavy atom. The third-order valence-electron chi connectivity index (χ3n) is 5.65. The number of nitrogens with one attached hydrogen (secondary N) is 3. The van der Waals surface area contributed by atoms with Crippen LogP contribution in [0.5, 0.6) is 0 Å². The Morgan fingerprint density at radius 3 is 2.97 bits per heavy atom. The van der Waals surface area contributed by atoms with E-state index >= 15 is 4.39 Å². The Labute approximate surface area is 165 Å². The van der Waals surface area contributed by atoms with Crippen LogP contribution in [0.3, 0.4) is 0 Å². The molecular weight excluding hydrogens is 379 g/mol. The number of ether oxygens (including phenoxy) is 1. The zero-order valence-electron chi connectivity index (χ0n) is 15.6. The summed E-state index contributed by atoms with van der Waals surface area (Å²) < 4.78 is 22.3. The molecule has 9 nitrogen and oxygen atoms in total. The van der Waals surface area contributed by atoms with Crippen molar-refractivity contribution in [1.29, 1.82) is 0 Å². The molecule has 3 aliphatic heterocycles. The zero-order chi connectivity index (χ0) is 20.1. The number of fused-ring (bicyclic) bond motifs is 2. The first kappa shape index (κ1) is 18.1. The van der Waals surface area contributed by atoms with Crippen molar-refractivity contribution in [3.8, 4) is 11.3 Å². The lowest BCUT2D eigenvalue weighted by Crippen LogP contribution is -2.48. The van der Waals surface area contributed by atoms with Crippen molar-refractivity contribution in [2.24, 2.45) is 5.73 Å². The van der Waals surface area contributed by atoms with Gasteiger partial charge < -0.3 is 31.0 Å². The Balaban J connectivity index is 1.60. The molecule has 0 spiro atoms. The second kappa shape index (κ2) is 6.82. The van der Waals surface area contributed by atoms with Crippen molar-refractivity contribution < 1.29 is 18.7 Å². The van der Waals surface area contributed by atoms with Crippen molar-refractivity contribution >= 4 is 17.6 Å². The average Bonchev–Trinajstić information content (AvgIpc) is 3.31. The predicted octanol–water partition coefficient (Wildman–Crippen LogP) is 0.204. The predicted molar refractivity (Wildman–Crippen MR) is 102 cm³/mol. The highest BCUT2D eigenvalue weighted by atomic mass is 19.1. The van der Waals surface area contributed by atoms with Gasteiger partial charge in [0.25, 0.3) is 11.8 Å². The van der Waals surface area contributed by atoms with Gasteiger partial charge in [-0.1, -0.05) is 0 Å². The minimum atomic E-state index is -0.553. The highest BCUT2D eigenvalue weighted by molar-refractivity contribution is 6.05. The Kier molecular flexibility index (Phi) is 4.25. The van der Waals surface area contributed by atoms with Gasteiger partial charge in [0.15, 0.2) is 11.6 Å². The van der Waals surface area contributed by atoms with E-state index in [9.17, 15) is 9.59 Å². The van der Waals surface area contributed by atoms with E-state index in [1.54, 1.807) is 12.3 Å². The SMILES string of the molecule is N[C@H]1COCC[C@H]1Nc1nc(-c2cc3n(c2)CCNC3=O)c2c(c1F)CNC2=O. The molecule has 1 saturated heterocycles. The lowest BCUT2D eigenvalue weighted by Gasteiger charge is -2.30. The summed E-state index contributed by atoms with van der Waals surface area (Å²) in [6.07, 6.45) is 2.41. The summed E-state index contributed by atoms with van der Waals surface area (Å²) in [5.74, 6) is -1.05. The fourth-order valence-electron chi connectivity index (χ4n) is 4.10. The van der Waals surface area contributed by atoms with Crippen molar-refractivity contribution in [1.82, 2.24) is 20.2 Å². The smallest absolute Gasteiger partial charge is 0.267 e. The number of amides is 2. The van der Waals surface area contributed by atoms with Gasteiger partial charge in [-0.15, -0.1) is 0 Å². The van der Waals surface area contributed by atoms with E-state index in [-0.39, 0.29) is 47.4 Å². The number of hydrogen-bond donors (Lipinski definition) is 4. The average molecular weight is 400 g/mol. The topological polar surface area (TPSA) is 123 Å². The molecule has 0 bridgehead atoms. The number of aromatic nitrogens is 2. The van der Waals surface area contributed by atoms with Crippen molar-refractivity contribution in [3.63, 3.8) is 0 Å². The first-order chi connectivity index (χ1) is 14.0. The molecule has 2 aromatic heterocycles. The van der Waals surface area contributed by atoms with E-state index in [4.69, 9.17) is 10.5 Å². The van der Waals surface area contributed by atoms with E-state index in [1.165, 1.54) is 0 Å². The first-order valence-electron chi connectivity index (χ1n) is 9.62. The van der Waals surface area contributed by atoms with Crippen LogP contribution in [0, 0.1) is 5.82 Å². The molecule has 2 atom stereocenters. The van der Waals surface area contributed by atoms with Gasteiger partial charge in [0, 0.05) is 55.6 Å². The fourth-order valence-corrected chi connectivity index (χ4v) is 4.10. The summed E-state index contributed by atoms with van der Waals surface area (Å²) in [6, 6.07) is 1.21. The van der Waals surface area contributed by atoms with E-state index in [1.807, 2.05) is 4.57 Å². The van der Waals surface area contributed by atoms with Gasteiger partial charge >= 0.3 is 0 Å². The van der Waals surface area contributed by atoms with Crippen LogP contribution < -0.4 is 21.7 Å². The van der Waals surface area contributed by atoms with E-state index < -0.39 is 5.82 Å². The summed E-state index contributed by atoms with van der Waals surface area (Å²) in [6.45, 7) is 2.17. The summed E-state index contributed by atoms with van der Waals surface area (Å²) in [5.41, 5.74) is 8.03. The molecule has 5 heterocycles. The van der Waals surface area contributed by atoms with Gasteiger partial charge in [0.05, 0.1) is 17.9 Å². The molecule has 2 amide bonds. The quantitative estimate of drug-likeness (QED) is 0.584. The lowest BCUT2D eigenvalue weighted by molar-refractivity contribution is 0.0751. The van der Waals surface area contributed by atoms with Crippen LogP contribution in [0.15, 0.2) is 12.3 Å². The molecule has 0 saturated carbocycles. The van der Waals surface area contributed by atoms with Gasteiger partial charge in [0.2, 0.25) is 0 Å². The number of anilines is 1. The van der Waals surface area contributed by atoms with Gasteiger partial charge in [0.1, 0.15) is 5.69 Å². The van der Waals surface area contributed by atoms with Crippen molar-refractivity contribution in [3.05, 3.63) is 34.9 Å². The lowest BCUT2D eigenvalue weighted by atomic mass is 10.0. The number of carbonyl (C=O) groups excluding carboxylic acids is 2. The van der Waals surface area contributed by atoms with Crippen LogP contribution in [0.2, 0.25) is 0 Å². The highest BCUT2D eigenvalue weighted by Crippen LogP contribution is 2.34. The molecule has 1 fully saturated rings. The number of halogens is 1. The number of nitrogens with zero attached hydrogens (tertiary/aromatic N) is 2. The molecule has 5 rings (SSSR count). The molecule has 10 heteroatoms. The molecule has 2 aromatic rings. The van der Waals surface area contributed by atoms with Gasteiger partial charge in [-0.3, -0.25) is 9.59 Å². The molecule has 0 radical (unpaired) electrons. The molecule has 29 heavy (non-hydrogen) atoms. The van der Waals surface area contributed by atoms with Crippen LogP contribution in [0.25, 0.3) is 11.3 Å². The minimum Gasteiger partial charge on any atom is -0.380 e. The normalized spacial score (nSPS) is 23.2. The zero-order valence-corrected chi connectivity index (χ0v) is 15.6. The van der Waals surface area contributed by atoms with Crippen molar-refractivity contribution in [2.75, 3.05) is 25.1 Å². The molecule has 0 aromatic carbocycles. The Hall–Kier alpha value is -2.98. The molecule has 5 N–H and O–H groups in total. The van der Waals surface area contributed by atoms with Crippen molar-refractivity contribution in [2.45, 2.75) is 31.6 Å². The summed E-state index contributed by atoms with van der Waals surface area (Å²) >= 11 is 0. The molecule has 0 aliphatic carbocycles. The third kappa shape index (κ3) is 2.95. The fraction of sp³-hybridized carbons (Fsp3) is 0.421. The maximum Gasteiger partial charge on any atom is 0.267 e. The van der Waals surface area contributed by atoms with Crippen LogP contribution >= 0.6 is 0 Å². The second-order valence-corrected chi connectivity index (χ2v) is 7.50. The van der Waals surface area contributed by atoms with Crippen LogP contribution in [0.4, 0.5) is 10.2 Å². The number of nitrogens with two attached hydrogens (primary N) is 1. The van der Waals surface area contributed by atoms with Gasteiger partial charge in [-0.2, -0.15) is 0 Å². The van der Waals surface area contributed by atoms with E-state index in [2.05, 4.69) is 20.9 Å². The van der Waals surface area contributed by atoms with E-state index in [0.717, 1.165) is 0 Å². The minimum absolute atomic E-state index is 0.0613. The molecule has 0 unspecified atom stereocenters. The monoisotopic (exact) mass is 400 g/mol. The van der Waals surface area contributed by atoms with Gasteiger partial charge in [-0.25, -0.2) is 9.37 Å². The van der Waals surface area contributed by atoms with Crippen LogP contribution in [-0.2, 0) is 17.8 Å². The number of rotatable bonds is 3. The Morgan fingerprint density at radius 1 is 1.31 bits per heavy atom. The number of pyridine rings is 1.